The van der Waals surface area contributed by atoms with Crippen molar-refractivity contribution in [2.45, 2.75) is 70.8 Å². The van der Waals surface area contributed by atoms with Gasteiger partial charge in [0.05, 0.1) is 6.54 Å². The van der Waals surface area contributed by atoms with Gasteiger partial charge in [-0.1, -0.05) is 6.92 Å². The first kappa shape index (κ1) is 22.0. The third kappa shape index (κ3) is 4.24. The molecular formula is C19H22F4N4O3. The summed E-state index contributed by atoms with van der Waals surface area (Å²) in [7, 11) is 0. The molecule has 0 saturated heterocycles. The smallest absolute Gasteiger partial charge is 0.436 e. The Hall–Kier alpha value is -2.72. The number of pyridine rings is 1. The highest BCUT2D eigenvalue weighted by Gasteiger charge is 2.38. The minimum Gasteiger partial charge on any atom is -0.458 e. The summed E-state index contributed by atoms with van der Waals surface area (Å²) in [6.45, 7) is 6.41. The zero-order valence-corrected chi connectivity index (χ0v) is 17.0. The Morgan fingerprint density at radius 1 is 1.27 bits per heavy atom. The van der Waals surface area contributed by atoms with Crippen LogP contribution in [0.2, 0.25) is 0 Å². The molecule has 0 N–H and O–H groups in total. The number of ether oxygens (including phenoxy) is 1. The van der Waals surface area contributed by atoms with Crippen LogP contribution < -0.4 is 5.69 Å². The van der Waals surface area contributed by atoms with Gasteiger partial charge in [0.2, 0.25) is 0 Å². The fraction of sp³-hybridized carbons (Fsp3) is 0.579. The molecule has 3 heterocycles. The number of nitrogens with zero attached hydrogens (tertiary/aromatic N) is 4. The molecule has 0 radical (unpaired) electrons. The Morgan fingerprint density at radius 2 is 1.93 bits per heavy atom. The Kier molecular flexibility index (Phi) is 5.50. The lowest BCUT2D eigenvalue weighted by molar-refractivity contribution is -0.160. The summed E-state index contributed by atoms with van der Waals surface area (Å²) in [5, 5.41) is 4.18. The van der Waals surface area contributed by atoms with Gasteiger partial charge in [0, 0.05) is 17.7 Å². The van der Waals surface area contributed by atoms with E-state index < -0.39 is 47.5 Å². The fourth-order valence-corrected chi connectivity index (χ4v) is 3.39. The van der Waals surface area contributed by atoms with Gasteiger partial charge in [-0.15, -0.1) is 0 Å². The summed E-state index contributed by atoms with van der Waals surface area (Å²) in [6, 6.07) is 0.161. The van der Waals surface area contributed by atoms with Gasteiger partial charge in [0.25, 0.3) is 0 Å². The van der Waals surface area contributed by atoms with Gasteiger partial charge in [0.15, 0.2) is 11.5 Å². The lowest BCUT2D eigenvalue weighted by atomic mass is 9.96. The molecule has 164 valence electrons. The zero-order valence-electron chi connectivity index (χ0n) is 17.0. The van der Waals surface area contributed by atoms with Gasteiger partial charge in [-0.05, 0) is 39.7 Å². The van der Waals surface area contributed by atoms with Crippen molar-refractivity contribution in [2.24, 2.45) is 0 Å². The molecule has 1 aliphatic heterocycles. The SMILES string of the molecule is C[C@@H]1CC[C@H](C(=O)OC(C)(C)C)n2c1nn(Cc1ccnc(C(F)(F)F)c1F)c2=O. The van der Waals surface area contributed by atoms with Crippen molar-refractivity contribution in [1.29, 1.82) is 0 Å². The van der Waals surface area contributed by atoms with Crippen molar-refractivity contribution in [1.82, 2.24) is 19.3 Å². The number of alkyl halides is 3. The van der Waals surface area contributed by atoms with E-state index in [0.29, 0.717) is 18.7 Å². The van der Waals surface area contributed by atoms with E-state index >= 15 is 0 Å². The van der Waals surface area contributed by atoms with Crippen LogP contribution in [-0.2, 0) is 22.3 Å². The second kappa shape index (κ2) is 7.51. The predicted octanol–water partition coefficient (Wildman–Crippen LogP) is 3.43. The number of hydrogen-bond donors (Lipinski definition) is 0. The zero-order chi connectivity index (χ0) is 22.4. The highest BCUT2D eigenvalue weighted by molar-refractivity contribution is 5.75. The van der Waals surface area contributed by atoms with Gasteiger partial charge in [-0.3, -0.25) is 4.57 Å². The van der Waals surface area contributed by atoms with Crippen LogP contribution in [0.1, 0.15) is 69.6 Å². The van der Waals surface area contributed by atoms with E-state index in [1.165, 1.54) is 4.57 Å². The Labute approximate surface area is 169 Å². The summed E-state index contributed by atoms with van der Waals surface area (Å²) in [5.41, 5.74) is -3.50. The number of halogens is 4. The van der Waals surface area contributed by atoms with Crippen LogP contribution in [0.3, 0.4) is 0 Å². The maximum absolute atomic E-state index is 14.3. The standard InChI is InChI=1S/C19H22F4N4O3/c1-10-5-6-12(16(28)30-18(2,3)4)27-15(10)25-26(17(27)29)9-11-7-8-24-14(13(11)20)19(21,22)23/h7-8,10,12H,5-6,9H2,1-4H3/t10-,12-/m1/s1. The topological polar surface area (TPSA) is 79.0 Å². The van der Waals surface area contributed by atoms with Crippen molar-refractivity contribution in [3.8, 4) is 0 Å². The number of hydrogen-bond acceptors (Lipinski definition) is 5. The first-order chi connectivity index (χ1) is 13.8. The summed E-state index contributed by atoms with van der Waals surface area (Å²) < 4.78 is 60.5. The molecule has 0 saturated carbocycles. The average Bonchev–Trinajstić information content (AvgIpc) is 2.92. The van der Waals surface area contributed by atoms with Crippen molar-refractivity contribution >= 4 is 5.97 Å². The van der Waals surface area contributed by atoms with E-state index in [1.807, 2.05) is 6.92 Å². The lowest BCUT2D eigenvalue weighted by Crippen LogP contribution is -2.38. The monoisotopic (exact) mass is 430 g/mol. The highest BCUT2D eigenvalue weighted by atomic mass is 19.4. The molecule has 11 heteroatoms. The van der Waals surface area contributed by atoms with Crippen LogP contribution in [0.5, 0.6) is 0 Å². The fourth-order valence-electron chi connectivity index (χ4n) is 3.39. The van der Waals surface area contributed by atoms with E-state index in [1.54, 1.807) is 20.8 Å². The van der Waals surface area contributed by atoms with Crippen LogP contribution in [0.15, 0.2) is 17.1 Å². The molecule has 0 amide bonds. The molecule has 3 rings (SSSR count). The van der Waals surface area contributed by atoms with Gasteiger partial charge in [0.1, 0.15) is 17.5 Å². The quantitative estimate of drug-likeness (QED) is 0.551. The number of carbonyl (C=O) groups excluding carboxylic acids is 1. The second-order valence-corrected chi connectivity index (χ2v) is 8.33. The molecule has 2 aromatic rings. The maximum atomic E-state index is 14.3. The van der Waals surface area contributed by atoms with Crippen LogP contribution in [0.25, 0.3) is 0 Å². The number of fused-ring (bicyclic) bond motifs is 1. The first-order valence-electron chi connectivity index (χ1n) is 9.42. The number of rotatable bonds is 3. The van der Waals surface area contributed by atoms with Gasteiger partial charge in [-0.2, -0.15) is 18.3 Å². The van der Waals surface area contributed by atoms with Crippen molar-refractivity contribution in [3.63, 3.8) is 0 Å². The normalized spacial score (nSPS) is 19.5. The van der Waals surface area contributed by atoms with Crippen molar-refractivity contribution < 1.29 is 27.1 Å². The van der Waals surface area contributed by atoms with E-state index in [0.717, 1.165) is 16.9 Å². The van der Waals surface area contributed by atoms with Crippen LogP contribution in [0.4, 0.5) is 17.6 Å². The molecule has 0 spiro atoms. The van der Waals surface area contributed by atoms with Crippen LogP contribution in [-0.4, -0.2) is 30.9 Å². The molecule has 0 aliphatic carbocycles. The maximum Gasteiger partial charge on any atom is 0.436 e. The molecule has 7 nitrogen and oxygen atoms in total. The summed E-state index contributed by atoms with van der Waals surface area (Å²) in [5.74, 6) is -2.00. The largest absolute Gasteiger partial charge is 0.458 e. The number of aromatic nitrogens is 4. The van der Waals surface area contributed by atoms with Crippen LogP contribution >= 0.6 is 0 Å². The average molecular weight is 430 g/mol. The molecule has 2 atom stereocenters. The highest BCUT2D eigenvalue weighted by Crippen LogP contribution is 2.33. The van der Waals surface area contributed by atoms with Gasteiger partial charge in [-0.25, -0.2) is 23.6 Å². The van der Waals surface area contributed by atoms with Gasteiger partial charge < -0.3 is 4.74 Å². The number of carbonyl (C=O) groups is 1. The van der Waals surface area contributed by atoms with E-state index in [-0.39, 0.29) is 11.5 Å². The van der Waals surface area contributed by atoms with Crippen molar-refractivity contribution in [3.05, 3.63) is 45.6 Å². The predicted molar refractivity (Wildman–Crippen MR) is 97.3 cm³/mol. The summed E-state index contributed by atoms with van der Waals surface area (Å²) >= 11 is 0. The third-order valence-electron chi connectivity index (χ3n) is 4.76. The Morgan fingerprint density at radius 3 is 2.53 bits per heavy atom. The molecular weight excluding hydrogens is 408 g/mol. The third-order valence-corrected chi connectivity index (χ3v) is 4.76. The van der Waals surface area contributed by atoms with Crippen molar-refractivity contribution in [2.75, 3.05) is 0 Å². The van der Waals surface area contributed by atoms with E-state index in [4.69, 9.17) is 4.74 Å². The Bertz CT molecular complexity index is 1020. The van der Waals surface area contributed by atoms with E-state index in [2.05, 4.69) is 10.1 Å². The minimum absolute atomic E-state index is 0.161. The molecule has 2 aromatic heterocycles. The molecule has 1 aliphatic rings. The molecule has 0 aromatic carbocycles. The summed E-state index contributed by atoms with van der Waals surface area (Å²) in [6.07, 6.45) is -3.21. The molecule has 0 bridgehead atoms. The summed E-state index contributed by atoms with van der Waals surface area (Å²) in [4.78, 5) is 28.6. The number of esters is 1. The molecule has 30 heavy (non-hydrogen) atoms. The molecule has 0 fully saturated rings. The van der Waals surface area contributed by atoms with Gasteiger partial charge >= 0.3 is 17.8 Å². The second-order valence-electron chi connectivity index (χ2n) is 8.33. The van der Waals surface area contributed by atoms with E-state index in [9.17, 15) is 27.2 Å². The minimum atomic E-state index is -4.96. The molecule has 0 unspecified atom stereocenters. The first-order valence-corrected chi connectivity index (χ1v) is 9.42. The Balaban J connectivity index is 2.00. The van der Waals surface area contributed by atoms with Crippen LogP contribution in [0, 0.1) is 5.82 Å². The lowest BCUT2D eigenvalue weighted by Gasteiger charge is -2.28.